The van der Waals surface area contributed by atoms with Gasteiger partial charge in [-0.1, -0.05) is 6.07 Å². The van der Waals surface area contributed by atoms with E-state index in [1.165, 1.54) is 4.57 Å². The Labute approximate surface area is 233 Å². The molecule has 2 aliphatic rings. The molecule has 0 saturated carbocycles. The Morgan fingerprint density at radius 2 is 1.68 bits per heavy atom. The first-order chi connectivity index (χ1) is 18.7. The molecule has 2 heterocycles. The van der Waals surface area contributed by atoms with Crippen molar-refractivity contribution in [3.05, 3.63) is 52.1 Å². The van der Waals surface area contributed by atoms with Gasteiger partial charge in [0.05, 0.1) is 11.8 Å². The Hall–Kier alpha value is -3.93. The van der Waals surface area contributed by atoms with E-state index < -0.39 is 29.0 Å². The summed E-state index contributed by atoms with van der Waals surface area (Å²) in [6.07, 6.45) is 2.61. The summed E-state index contributed by atoms with van der Waals surface area (Å²) >= 11 is 0. The van der Waals surface area contributed by atoms with Crippen LogP contribution in [0.2, 0.25) is 0 Å². The lowest BCUT2D eigenvalue weighted by Gasteiger charge is -2.38. The van der Waals surface area contributed by atoms with Gasteiger partial charge in [-0.3, -0.25) is 14.7 Å². The standard InChI is InChI=1S/C28H38N6O6/c1-27(2,3)40-26(39)31-28(4,5)23(36)32-12-14-33(15-13-32)24(37)29-22-10-11-34(25(38)30-22)20-8-6-19-17-21(35)9-7-18(19)16-20/h6,8,10-11,16,21,35H,7,9,12-15,17H2,1-5H3,(H,31,39)(H,29,30,37,38). The molecule has 0 bridgehead atoms. The lowest BCUT2D eigenvalue weighted by molar-refractivity contribution is -0.138. The van der Waals surface area contributed by atoms with Gasteiger partial charge in [0.15, 0.2) is 0 Å². The number of aryl methyl sites for hydroxylation is 1. The molecule has 0 radical (unpaired) electrons. The second kappa shape index (κ2) is 11.3. The van der Waals surface area contributed by atoms with Crippen LogP contribution in [0, 0.1) is 0 Å². The van der Waals surface area contributed by atoms with Crippen molar-refractivity contribution in [3.63, 3.8) is 0 Å². The van der Waals surface area contributed by atoms with Gasteiger partial charge >= 0.3 is 17.8 Å². The van der Waals surface area contributed by atoms with Crippen LogP contribution >= 0.6 is 0 Å². The molecule has 2 aromatic rings. The Morgan fingerprint density at radius 3 is 2.33 bits per heavy atom. The summed E-state index contributed by atoms with van der Waals surface area (Å²) in [5, 5.41) is 15.2. The van der Waals surface area contributed by atoms with Crippen LogP contribution in [-0.2, 0) is 22.4 Å². The van der Waals surface area contributed by atoms with Gasteiger partial charge in [-0.2, -0.15) is 4.98 Å². The smallest absolute Gasteiger partial charge is 0.408 e. The van der Waals surface area contributed by atoms with E-state index in [2.05, 4.69) is 15.6 Å². The normalized spacial score (nSPS) is 17.6. The SMILES string of the molecule is CC(C)(C)OC(=O)NC(C)(C)C(=O)N1CCN(C(=O)Nc2ccn(-c3ccc4c(c3)CCC(O)C4)c(=O)n2)CC1. The second-order valence-corrected chi connectivity index (χ2v) is 11.8. The second-order valence-electron chi connectivity index (χ2n) is 11.8. The zero-order chi connectivity index (χ0) is 29.2. The highest BCUT2D eigenvalue weighted by molar-refractivity contribution is 5.90. The molecular formula is C28H38N6O6. The number of benzene rings is 1. The number of fused-ring (bicyclic) bond motifs is 1. The topological polar surface area (TPSA) is 146 Å². The summed E-state index contributed by atoms with van der Waals surface area (Å²) in [5.74, 6) is -0.143. The minimum Gasteiger partial charge on any atom is -0.444 e. The van der Waals surface area contributed by atoms with Gasteiger partial charge in [0.2, 0.25) is 5.91 Å². The van der Waals surface area contributed by atoms with Gasteiger partial charge in [0, 0.05) is 32.4 Å². The fourth-order valence-corrected chi connectivity index (χ4v) is 4.85. The van der Waals surface area contributed by atoms with Crippen LogP contribution in [0.25, 0.3) is 5.69 Å². The number of aliphatic hydroxyl groups excluding tert-OH is 1. The van der Waals surface area contributed by atoms with Gasteiger partial charge in [-0.15, -0.1) is 0 Å². The Morgan fingerprint density at radius 1 is 1.00 bits per heavy atom. The molecule has 216 valence electrons. The van der Waals surface area contributed by atoms with Crippen molar-refractivity contribution in [1.82, 2.24) is 24.7 Å². The minimum atomic E-state index is -1.18. The number of aliphatic hydroxyl groups is 1. The molecule has 12 heteroatoms. The molecule has 1 fully saturated rings. The molecule has 1 aromatic heterocycles. The number of amides is 4. The first kappa shape index (κ1) is 29.1. The summed E-state index contributed by atoms with van der Waals surface area (Å²) in [4.78, 5) is 58.0. The third-order valence-electron chi connectivity index (χ3n) is 6.91. The fourth-order valence-electron chi connectivity index (χ4n) is 4.85. The summed E-state index contributed by atoms with van der Waals surface area (Å²) in [6, 6.07) is 6.83. The summed E-state index contributed by atoms with van der Waals surface area (Å²) in [7, 11) is 0. The number of carbonyl (C=O) groups is 3. The fraction of sp³-hybridized carbons (Fsp3) is 0.536. The summed E-state index contributed by atoms with van der Waals surface area (Å²) in [5.41, 5.74) is 0.472. The number of rotatable bonds is 4. The number of anilines is 1. The maximum Gasteiger partial charge on any atom is 0.408 e. The molecular weight excluding hydrogens is 516 g/mol. The highest BCUT2D eigenvalue weighted by Gasteiger charge is 2.36. The van der Waals surface area contributed by atoms with E-state index in [0.717, 1.165) is 17.5 Å². The predicted octanol–water partition coefficient (Wildman–Crippen LogP) is 2.06. The number of ether oxygens (including phenoxy) is 1. The van der Waals surface area contributed by atoms with Crippen LogP contribution < -0.4 is 16.3 Å². The first-order valence-corrected chi connectivity index (χ1v) is 13.5. The third kappa shape index (κ3) is 6.98. The zero-order valence-corrected chi connectivity index (χ0v) is 23.7. The number of piperazine rings is 1. The number of urea groups is 1. The largest absolute Gasteiger partial charge is 0.444 e. The van der Waals surface area contributed by atoms with E-state index in [0.29, 0.717) is 18.5 Å². The van der Waals surface area contributed by atoms with Crippen LogP contribution in [0.1, 0.15) is 52.2 Å². The molecule has 4 rings (SSSR count). The number of nitrogens with zero attached hydrogens (tertiary/aromatic N) is 4. The molecule has 1 aliphatic heterocycles. The highest BCUT2D eigenvalue weighted by atomic mass is 16.6. The quantitative estimate of drug-likeness (QED) is 0.524. The molecule has 3 N–H and O–H groups in total. The van der Waals surface area contributed by atoms with E-state index in [1.54, 1.807) is 56.7 Å². The van der Waals surface area contributed by atoms with Crippen molar-refractivity contribution >= 4 is 23.8 Å². The van der Waals surface area contributed by atoms with Gasteiger partial charge in [0.25, 0.3) is 0 Å². The van der Waals surface area contributed by atoms with E-state index in [1.807, 2.05) is 18.2 Å². The van der Waals surface area contributed by atoms with Gasteiger partial charge in [-0.25, -0.2) is 14.4 Å². The molecule has 1 atom stereocenters. The van der Waals surface area contributed by atoms with Crippen LogP contribution in [0.4, 0.5) is 15.4 Å². The summed E-state index contributed by atoms with van der Waals surface area (Å²) in [6.45, 7) is 9.59. The molecule has 1 saturated heterocycles. The number of nitrogens with one attached hydrogen (secondary N) is 2. The third-order valence-corrected chi connectivity index (χ3v) is 6.91. The Balaban J connectivity index is 1.32. The maximum absolute atomic E-state index is 13.0. The lowest BCUT2D eigenvalue weighted by atomic mass is 9.89. The number of aromatic nitrogens is 2. The van der Waals surface area contributed by atoms with Gasteiger partial charge < -0.3 is 25.0 Å². The molecule has 0 spiro atoms. The van der Waals surface area contributed by atoms with E-state index in [4.69, 9.17) is 4.74 Å². The Kier molecular flexibility index (Phi) is 8.20. The van der Waals surface area contributed by atoms with Crippen molar-refractivity contribution in [2.45, 2.75) is 71.1 Å². The van der Waals surface area contributed by atoms with Crippen molar-refractivity contribution in [2.75, 3.05) is 31.5 Å². The molecule has 12 nitrogen and oxygen atoms in total. The first-order valence-electron chi connectivity index (χ1n) is 13.5. The van der Waals surface area contributed by atoms with Crippen molar-refractivity contribution in [2.24, 2.45) is 0 Å². The summed E-state index contributed by atoms with van der Waals surface area (Å²) < 4.78 is 6.68. The van der Waals surface area contributed by atoms with Crippen molar-refractivity contribution < 1.29 is 24.2 Å². The number of carbonyl (C=O) groups excluding carboxylic acids is 3. The predicted molar refractivity (Wildman–Crippen MR) is 148 cm³/mol. The highest BCUT2D eigenvalue weighted by Crippen LogP contribution is 2.24. The van der Waals surface area contributed by atoms with E-state index in [-0.39, 0.29) is 44.0 Å². The maximum atomic E-state index is 13.0. The molecule has 1 aliphatic carbocycles. The molecule has 1 unspecified atom stereocenters. The van der Waals surface area contributed by atoms with E-state index in [9.17, 15) is 24.3 Å². The zero-order valence-electron chi connectivity index (χ0n) is 23.7. The lowest BCUT2D eigenvalue weighted by Crippen LogP contribution is -2.60. The molecule has 40 heavy (non-hydrogen) atoms. The monoisotopic (exact) mass is 554 g/mol. The number of hydrogen-bond donors (Lipinski definition) is 3. The average molecular weight is 555 g/mol. The van der Waals surface area contributed by atoms with Crippen molar-refractivity contribution in [3.8, 4) is 5.69 Å². The molecule has 4 amide bonds. The van der Waals surface area contributed by atoms with Crippen LogP contribution in [-0.4, -0.2) is 85.9 Å². The molecule has 1 aromatic carbocycles. The van der Waals surface area contributed by atoms with Crippen LogP contribution in [0.3, 0.4) is 0 Å². The van der Waals surface area contributed by atoms with Crippen molar-refractivity contribution in [1.29, 1.82) is 0 Å². The van der Waals surface area contributed by atoms with Gasteiger partial charge in [0.1, 0.15) is 17.0 Å². The minimum absolute atomic E-state index is 0.133. The number of hydrogen-bond acceptors (Lipinski definition) is 7. The van der Waals surface area contributed by atoms with Crippen LogP contribution in [0.5, 0.6) is 0 Å². The van der Waals surface area contributed by atoms with E-state index >= 15 is 0 Å². The Bertz CT molecular complexity index is 1340. The van der Waals surface area contributed by atoms with Gasteiger partial charge in [-0.05, 0) is 83.2 Å². The average Bonchev–Trinajstić information content (AvgIpc) is 2.86. The number of alkyl carbamates (subject to hydrolysis) is 1. The van der Waals surface area contributed by atoms with Crippen LogP contribution in [0.15, 0.2) is 35.3 Å².